The van der Waals surface area contributed by atoms with Crippen LogP contribution in [-0.4, -0.2) is 65.3 Å². The van der Waals surface area contributed by atoms with Crippen LogP contribution in [0.5, 0.6) is 11.5 Å². The first-order chi connectivity index (χ1) is 14.1. The second-order valence-electron chi connectivity index (χ2n) is 7.67. The summed E-state index contributed by atoms with van der Waals surface area (Å²) in [4.78, 5) is 17.1. The molecule has 4 rings (SSSR count). The highest BCUT2D eigenvalue weighted by Gasteiger charge is 2.26. The van der Waals surface area contributed by atoms with Crippen molar-refractivity contribution in [3.63, 3.8) is 0 Å². The third-order valence-corrected chi connectivity index (χ3v) is 5.57. The van der Waals surface area contributed by atoms with Gasteiger partial charge in [0.15, 0.2) is 0 Å². The van der Waals surface area contributed by atoms with Crippen LogP contribution in [0.4, 0.5) is 0 Å². The fourth-order valence-electron chi connectivity index (χ4n) is 3.95. The molecular formula is C21H28N4O4. The monoisotopic (exact) mass is 400 g/mol. The lowest BCUT2D eigenvalue weighted by molar-refractivity contribution is 0.0758. The normalized spacial score (nSPS) is 18.2. The van der Waals surface area contributed by atoms with E-state index in [0.29, 0.717) is 35.4 Å². The van der Waals surface area contributed by atoms with E-state index in [0.717, 1.165) is 51.9 Å². The van der Waals surface area contributed by atoms with Crippen molar-refractivity contribution in [3.05, 3.63) is 35.5 Å². The Balaban J connectivity index is 1.40. The van der Waals surface area contributed by atoms with Gasteiger partial charge in [0.1, 0.15) is 17.6 Å². The van der Waals surface area contributed by atoms with Gasteiger partial charge in [-0.1, -0.05) is 0 Å². The summed E-state index contributed by atoms with van der Waals surface area (Å²) in [6, 6.07) is 5.48. The second-order valence-corrected chi connectivity index (χ2v) is 7.67. The molecule has 2 aromatic rings. The number of aromatic nitrogens is 2. The molecule has 3 heterocycles. The van der Waals surface area contributed by atoms with Gasteiger partial charge < -0.3 is 18.8 Å². The van der Waals surface area contributed by atoms with Crippen molar-refractivity contribution in [1.29, 1.82) is 0 Å². The van der Waals surface area contributed by atoms with Crippen molar-refractivity contribution in [3.8, 4) is 11.5 Å². The number of benzene rings is 1. The molecular weight excluding hydrogens is 372 g/mol. The summed E-state index contributed by atoms with van der Waals surface area (Å²) in [6.45, 7) is 5.85. The maximum atomic E-state index is 12.9. The van der Waals surface area contributed by atoms with Crippen molar-refractivity contribution in [2.45, 2.75) is 45.3 Å². The molecule has 0 saturated carbocycles. The molecule has 0 spiro atoms. The van der Waals surface area contributed by atoms with Crippen LogP contribution in [0.25, 0.3) is 0 Å². The lowest BCUT2D eigenvalue weighted by Crippen LogP contribution is -2.38. The van der Waals surface area contributed by atoms with Crippen LogP contribution in [0.3, 0.4) is 0 Å². The summed E-state index contributed by atoms with van der Waals surface area (Å²) < 4.78 is 17.1. The second kappa shape index (κ2) is 8.82. The van der Waals surface area contributed by atoms with Crippen molar-refractivity contribution in [2.75, 3.05) is 33.3 Å². The van der Waals surface area contributed by atoms with Gasteiger partial charge in [-0.05, 0) is 37.8 Å². The first-order valence-electron chi connectivity index (χ1n) is 10.3. The lowest BCUT2D eigenvalue weighted by Gasteiger charge is -2.31. The third-order valence-electron chi connectivity index (χ3n) is 5.57. The van der Waals surface area contributed by atoms with Crippen LogP contribution in [0, 0.1) is 6.92 Å². The predicted molar refractivity (Wildman–Crippen MR) is 106 cm³/mol. The zero-order valence-electron chi connectivity index (χ0n) is 17.1. The van der Waals surface area contributed by atoms with Crippen LogP contribution in [0.15, 0.2) is 22.6 Å². The maximum absolute atomic E-state index is 12.9. The van der Waals surface area contributed by atoms with Crippen LogP contribution >= 0.6 is 0 Å². The molecule has 156 valence electrons. The number of likely N-dealkylation sites (tertiary alicyclic amines) is 2. The van der Waals surface area contributed by atoms with Gasteiger partial charge in [0.05, 0.1) is 19.2 Å². The highest BCUT2D eigenvalue weighted by atomic mass is 16.5. The van der Waals surface area contributed by atoms with Crippen molar-refractivity contribution in [1.82, 2.24) is 20.0 Å². The zero-order valence-corrected chi connectivity index (χ0v) is 17.1. The molecule has 8 nitrogen and oxygen atoms in total. The molecule has 0 bridgehead atoms. The molecule has 8 heteroatoms. The van der Waals surface area contributed by atoms with E-state index in [1.165, 1.54) is 0 Å². The smallest absolute Gasteiger partial charge is 0.257 e. The van der Waals surface area contributed by atoms with E-state index in [4.69, 9.17) is 13.9 Å². The van der Waals surface area contributed by atoms with E-state index >= 15 is 0 Å². The minimum Gasteiger partial charge on any atom is -0.497 e. The Morgan fingerprint density at radius 1 is 1.17 bits per heavy atom. The third kappa shape index (κ3) is 4.70. The molecule has 1 amide bonds. The molecule has 1 aromatic heterocycles. The number of rotatable bonds is 6. The van der Waals surface area contributed by atoms with Crippen molar-refractivity contribution < 1.29 is 18.7 Å². The van der Waals surface area contributed by atoms with E-state index in [1.54, 1.807) is 14.0 Å². The van der Waals surface area contributed by atoms with Gasteiger partial charge in [-0.2, -0.15) is 0 Å². The average molecular weight is 400 g/mol. The van der Waals surface area contributed by atoms with Crippen LogP contribution in [0.1, 0.15) is 47.8 Å². The number of carbonyl (C=O) groups is 1. The van der Waals surface area contributed by atoms with Crippen LogP contribution in [-0.2, 0) is 6.54 Å². The summed E-state index contributed by atoms with van der Waals surface area (Å²) in [7, 11) is 1.62. The Hall–Kier alpha value is -2.61. The first kappa shape index (κ1) is 19.7. The van der Waals surface area contributed by atoms with E-state index in [2.05, 4.69) is 15.1 Å². The summed E-state index contributed by atoms with van der Waals surface area (Å²) >= 11 is 0. The Bertz CT molecular complexity index is 839. The Labute approximate surface area is 170 Å². The largest absolute Gasteiger partial charge is 0.497 e. The average Bonchev–Trinajstić information content (AvgIpc) is 3.41. The predicted octanol–water partition coefficient (Wildman–Crippen LogP) is 2.67. The van der Waals surface area contributed by atoms with Crippen LogP contribution < -0.4 is 9.47 Å². The van der Waals surface area contributed by atoms with E-state index < -0.39 is 0 Å². The van der Waals surface area contributed by atoms with Gasteiger partial charge in [0, 0.05) is 39.2 Å². The van der Waals surface area contributed by atoms with Crippen LogP contribution in [0.2, 0.25) is 0 Å². The van der Waals surface area contributed by atoms with Crippen molar-refractivity contribution >= 4 is 5.91 Å². The first-order valence-corrected chi connectivity index (χ1v) is 10.3. The van der Waals surface area contributed by atoms with Gasteiger partial charge in [-0.3, -0.25) is 9.69 Å². The molecule has 1 aromatic carbocycles. The SMILES string of the molecule is COc1ccc(C(=O)N2CCCC2)c(OC2CCN(Cc3nnc(C)o3)CC2)c1. The van der Waals surface area contributed by atoms with E-state index in [-0.39, 0.29) is 12.0 Å². The Kier molecular flexibility index (Phi) is 5.99. The molecule has 2 aliphatic heterocycles. The summed E-state index contributed by atoms with van der Waals surface area (Å²) in [5.41, 5.74) is 0.622. The summed E-state index contributed by atoms with van der Waals surface area (Å²) in [5, 5.41) is 7.95. The Morgan fingerprint density at radius 2 is 1.93 bits per heavy atom. The number of hydrogen-bond donors (Lipinski definition) is 0. The number of methoxy groups -OCH3 is 1. The molecule has 2 fully saturated rings. The molecule has 0 N–H and O–H groups in total. The molecule has 2 saturated heterocycles. The van der Waals surface area contributed by atoms with Gasteiger partial charge >= 0.3 is 0 Å². The summed E-state index contributed by atoms with van der Waals surface area (Å²) in [6.07, 6.45) is 3.95. The molecule has 2 aliphatic rings. The quantitative estimate of drug-likeness (QED) is 0.737. The number of aryl methyl sites for hydroxylation is 1. The topological polar surface area (TPSA) is 80.9 Å². The number of nitrogens with zero attached hydrogens (tertiary/aromatic N) is 4. The Morgan fingerprint density at radius 3 is 2.59 bits per heavy atom. The number of ether oxygens (including phenoxy) is 2. The molecule has 29 heavy (non-hydrogen) atoms. The fourth-order valence-corrected chi connectivity index (χ4v) is 3.95. The zero-order chi connectivity index (χ0) is 20.2. The van der Waals surface area contributed by atoms with Crippen molar-refractivity contribution in [2.24, 2.45) is 0 Å². The minimum atomic E-state index is 0.0457. The molecule has 0 atom stereocenters. The lowest BCUT2D eigenvalue weighted by atomic mass is 10.1. The number of piperidine rings is 1. The highest BCUT2D eigenvalue weighted by Crippen LogP contribution is 2.30. The molecule has 0 unspecified atom stereocenters. The fraction of sp³-hybridized carbons (Fsp3) is 0.571. The minimum absolute atomic E-state index is 0.0457. The molecule has 0 radical (unpaired) electrons. The molecule has 0 aliphatic carbocycles. The number of amides is 1. The van der Waals surface area contributed by atoms with Gasteiger partial charge in [-0.25, -0.2) is 0 Å². The van der Waals surface area contributed by atoms with Gasteiger partial charge in [0.25, 0.3) is 5.91 Å². The standard InChI is InChI=1S/C21H28N4O4/c1-15-22-23-20(28-15)14-24-11-7-16(8-12-24)29-19-13-17(27-2)5-6-18(19)21(26)25-9-3-4-10-25/h5-6,13,16H,3-4,7-12,14H2,1-2H3. The highest BCUT2D eigenvalue weighted by molar-refractivity contribution is 5.97. The maximum Gasteiger partial charge on any atom is 0.257 e. The number of hydrogen-bond acceptors (Lipinski definition) is 7. The van der Waals surface area contributed by atoms with E-state index in [9.17, 15) is 4.79 Å². The van der Waals surface area contributed by atoms with Gasteiger partial charge in [-0.15, -0.1) is 10.2 Å². The van der Waals surface area contributed by atoms with E-state index in [1.807, 2.05) is 23.1 Å². The number of carbonyl (C=O) groups excluding carboxylic acids is 1. The van der Waals surface area contributed by atoms with Gasteiger partial charge in [0.2, 0.25) is 11.8 Å². The summed E-state index contributed by atoms with van der Waals surface area (Å²) in [5.74, 6) is 2.60.